The van der Waals surface area contributed by atoms with Gasteiger partial charge in [-0.05, 0) is 18.6 Å². The van der Waals surface area contributed by atoms with Gasteiger partial charge in [0.25, 0.3) is 0 Å². The van der Waals surface area contributed by atoms with Crippen molar-refractivity contribution < 1.29 is 9.53 Å². The first-order chi connectivity index (χ1) is 5.73. The Morgan fingerprint density at radius 2 is 2.50 bits per heavy atom. The van der Waals surface area contributed by atoms with Gasteiger partial charge >= 0.3 is 6.09 Å². The van der Waals surface area contributed by atoms with Crippen molar-refractivity contribution in [3.8, 4) is 0 Å². The third kappa shape index (κ3) is 1.08. The number of nitrogens with two attached hydrogens (primary N) is 1. The summed E-state index contributed by atoms with van der Waals surface area (Å²) in [6, 6.07) is 0. The molecule has 66 valence electrons. The number of hydrogen-bond donors (Lipinski definition) is 1. The highest BCUT2D eigenvalue weighted by Gasteiger charge is 2.44. The third-order valence-electron chi connectivity index (χ3n) is 2.17. The number of ether oxygens (including phenoxy) is 1. The number of rotatable bonds is 0. The Hall–Kier alpha value is -0.710. The van der Waals surface area contributed by atoms with Crippen molar-refractivity contribution in [2.45, 2.75) is 18.4 Å². The molecular weight excluding hydrogens is 176 g/mol. The van der Waals surface area contributed by atoms with Crippen LogP contribution in [0.4, 0.5) is 4.79 Å². The molecule has 1 spiro atoms. The minimum Gasteiger partial charge on any atom is -0.432 e. The number of thioether (sulfide) groups is 1. The fourth-order valence-electron chi connectivity index (χ4n) is 1.49. The predicted octanol–water partition coefficient (Wildman–Crippen LogP) is 0.760. The molecule has 5 heteroatoms. The second kappa shape index (κ2) is 2.65. The Labute approximate surface area is 74.6 Å². The van der Waals surface area contributed by atoms with Crippen LogP contribution in [-0.2, 0) is 4.74 Å². The van der Waals surface area contributed by atoms with E-state index in [2.05, 4.69) is 4.99 Å². The average molecular weight is 186 g/mol. The lowest BCUT2D eigenvalue weighted by Crippen LogP contribution is -2.47. The fourth-order valence-corrected chi connectivity index (χ4v) is 2.67. The smallest absolute Gasteiger partial charge is 0.432 e. The third-order valence-corrected chi connectivity index (χ3v) is 3.41. The van der Waals surface area contributed by atoms with E-state index in [4.69, 9.17) is 10.5 Å². The van der Waals surface area contributed by atoms with E-state index < -0.39 is 11.7 Å². The van der Waals surface area contributed by atoms with Crippen LogP contribution in [-0.4, -0.2) is 29.0 Å². The topological polar surface area (TPSA) is 64.7 Å². The summed E-state index contributed by atoms with van der Waals surface area (Å²) in [6.07, 6.45) is 1.32. The molecule has 1 atom stereocenters. The Balaban J connectivity index is 2.21. The molecule has 12 heavy (non-hydrogen) atoms. The lowest BCUT2D eigenvalue weighted by molar-refractivity contribution is 0.0886. The van der Waals surface area contributed by atoms with Crippen LogP contribution in [0.3, 0.4) is 0 Å². The number of amidine groups is 1. The molecule has 2 heterocycles. The first-order valence-electron chi connectivity index (χ1n) is 3.88. The summed E-state index contributed by atoms with van der Waals surface area (Å²) in [5.74, 6) is 2.24. The Morgan fingerprint density at radius 1 is 1.67 bits per heavy atom. The molecule has 4 nitrogen and oxygen atoms in total. The molecule has 2 N–H and O–H groups in total. The van der Waals surface area contributed by atoms with Gasteiger partial charge in [-0.15, -0.1) is 0 Å². The van der Waals surface area contributed by atoms with E-state index >= 15 is 0 Å². The van der Waals surface area contributed by atoms with Gasteiger partial charge in [-0.3, -0.25) is 0 Å². The van der Waals surface area contributed by atoms with Crippen LogP contribution in [0.25, 0.3) is 0 Å². The molecule has 1 unspecified atom stereocenters. The molecule has 2 aliphatic rings. The molecule has 0 aromatic carbocycles. The van der Waals surface area contributed by atoms with Crippen LogP contribution in [0.5, 0.6) is 0 Å². The van der Waals surface area contributed by atoms with Crippen molar-refractivity contribution in [1.82, 2.24) is 0 Å². The molecule has 1 saturated heterocycles. The van der Waals surface area contributed by atoms with Crippen molar-refractivity contribution in [1.29, 1.82) is 0 Å². The zero-order valence-electron chi connectivity index (χ0n) is 6.58. The van der Waals surface area contributed by atoms with Crippen molar-refractivity contribution in [2.75, 3.05) is 11.5 Å². The second-order valence-electron chi connectivity index (χ2n) is 3.02. The summed E-state index contributed by atoms with van der Waals surface area (Å²) in [7, 11) is 0. The molecular formula is C7H10N2O2S. The van der Waals surface area contributed by atoms with Gasteiger partial charge < -0.3 is 10.5 Å². The standard InChI is InChI=1S/C7H10N2O2S/c8-5-7(11-6(10)9-5)2-1-3-12-4-7/h1-4H2,(H2,8,9,10). The first kappa shape index (κ1) is 7.91. The van der Waals surface area contributed by atoms with Crippen LogP contribution in [0.15, 0.2) is 4.99 Å². The molecule has 0 aromatic heterocycles. The average Bonchev–Trinajstić information content (AvgIpc) is 2.29. The molecule has 0 radical (unpaired) electrons. The zero-order valence-corrected chi connectivity index (χ0v) is 7.39. The number of nitrogens with zero attached hydrogens (tertiary/aromatic N) is 1. The van der Waals surface area contributed by atoms with Crippen molar-refractivity contribution >= 4 is 23.7 Å². The maximum absolute atomic E-state index is 10.8. The van der Waals surface area contributed by atoms with E-state index in [1.54, 1.807) is 11.8 Å². The molecule has 2 aliphatic heterocycles. The molecule has 2 rings (SSSR count). The number of aliphatic imine (C=N–C) groups is 1. The van der Waals surface area contributed by atoms with Crippen LogP contribution in [0, 0.1) is 0 Å². The molecule has 0 saturated carbocycles. The number of carbonyl (C=O) groups is 1. The highest BCUT2D eigenvalue weighted by atomic mass is 32.2. The lowest BCUT2D eigenvalue weighted by Gasteiger charge is -2.30. The normalized spacial score (nSPS) is 35.0. The van der Waals surface area contributed by atoms with Gasteiger partial charge in [0.05, 0.1) is 0 Å². The van der Waals surface area contributed by atoms with E-state index in [9.17, 15) is 4.79 Å². The summed E-state index contributed by atoms with van der Waals surface area (Å²) in [5, 5.41) is 0. The van der Waals surface area contributed by atoms with Gasteiger partial charge in [0.15, 0.2) is 11.4 Å². The van der Waals surface area contributed by atoms with Crippen LogP contribution in [0.2, 0.25) is 0 Å². The van der Waals surface area contributed by atoms with E-state index in [1.165, 1.54) is 0 Å². The predicted molar refractivity (Wildman–Crippen MR) is 47.4 cm³/mol. The monoisotopic (exact) mass is 186 g/mol. The van der Waals surface area contributed by atoms with Gasteiger partial charge in [-0.2, -0.15) is 16.8 Å². The number of hydrogen-bond acceptors (Lipinski definition) is 4. The minimum absolute atomic E-state index is 0.361. The molecule has 0 aromatic rings. The lowest BCUT2D eigenvalue weighted by atomic mass is 9.99. The maximum atomic E-state index is 10.8. The molecule has 0 bridgehead atoms. The Kier molecular flexibility index (Phi) is 1.75. The summed E-state index contributed by atoms with van der Waals surface area (Å²) >= 11 is 1.76. The Morgan fingerprint density at radius 3 is 3.00 bits per heavy atom. The minimum atomic E-state index is -0.556. The largest absolute Gasteiger partial charge is 0.436 e. The quantitative estimate of drug-likeness (QED) is 0.606. The number of amides is 1. The van der Waals surface area contributed by atoms with Crippen LogP contribution < -0.4 is 5.73 Å². The van der Waals surface area contributed by atoms with Gasteiger partial charge in [0, 0.05) is 5.75 Å². The van der Waals surface area contributed by atoms with E-state index in [0.29, 0.717) is 5.84 Å². The first-order valence-corrected chi connectivity index (χ1v) is 5.04. The second-order valence-corrected chi connectivity index (χ2v) is 4.12. The van der Waals surface area contributed by atoms with E-state index in [0.717, 1.165) is 24.3 Å². The maximum Gasteiger partial charge on any atom is 0.436 e. The van der Waals surface area contributed by atoms with Crippen LogP contribution in [0.1, 0.15) is 12.8 Å². The Bertz CT molecular complexity index is 246. The molecule has 1 fully saturated rings. The summed E-state index contributed by atoms with van der Waals surface area (Å²) < 4.78 is 5.11. The van der Waals surface area contributed by atoms with Crippen molar-refractivity contribution in [2.24, 2.45) is 10.7 Å². The molecule has 0 aliphatic carbocycles. The van der Waals surface area contributed by atoms with Gasteiger partial charge in [-0.25, -0.2) is 4.79 Å². The van der Waals surface area contributed by atoms with E-state index in [1.807, 2.05) is 0 Å². The number of carbonyl (C=O) groups excluding carboxylic acids is 1. The summed E-state index contributed by atoms with van der Waals surface area (Å²) in [5.41, 5.74) is 5.07. The van der Waals surface area contributed by atoms with Crippen molar-refractivity contribution in [3.63, 3.8) is 0 Å². The zero-order chi connectivity index (χ0) is 8.60. The van der Waals surface area contributed by atoms with E-state index in [-0.39, 0.29) is 0 Å². The highest BCUT2D eigenvalue weighted by Crippen LogP contribution is 2.33. The van der Waals surface area contributed by atoms with Gasteiger partial charge in [0.1, 0.15) is 0 Å². The van der Waals surface area contributed by atoms with Crippen LogP contribution >= 0.6 is 11.8 Å². The van der Waals surface area contributed by atoms with Crippen molar-refractivity contribution in [3.05, 3.63) is 0 Å². The fraction of sp³-hybridized carbons (Fsp3) is 0.714. The molecule has 1 amide bonds. The SMILES string of the molecule is NC1=NC(=O)OC12CCCSC2. The highest BCUT2D eigenvalue weighted by molar-refractivity contribution is 7.99. The van der Waals surface area contributed by atoms with Gasteiger partial charge in [-0.1, -0.05) is 0 Å². The summed E-state index contributed by atoms with van der Waals surface area (Å²) in [4.78, 5) is 14.4. The summed E-state index contributed by atoms with van der Waals surface area (Å²) in [6.45, 7) is 0. The van der Waals surface area contributed by atoms with Gasteiger partial charge in [0.2, 0.25) is 0 Å².